The molecule has 0 unspecified atom stereocenters. The Hall–Kier alpha value is -2.41. The topological polar surface area (TPSA) is 98.0 Å². The molecule has 0 aliphatic rings. The molecular weight excluding hydrogens is 262 g/mol. The molecular formula is C10H6ClN3O4. The van der Waals surface area contributed by atoms with Gasteiger partial charge in [0.25, 0.3) is 16.8 Å². The van der Waals surface area contributed by atoms with Crippen LogP contribution in [-0.4, -0.2) is 14.7 Å². The molecule has 1 N–H and O–H groups in total. The summed E-state index contributed by atoms with van der Waals surface area (Å²) in [5, 5.41) is 12.9. The molecule has 0 saturated carbocycles. The third kappa shape index (κ3) is 2.16. The third-order valence-electron chi connectivity index (χ3n) is 2.20. The van der Waals surface area contributed by atoms with Crippen LogP contribution in [0.15, 0.2) is 39.9 Å². The molecule has 0 aliphatic heterocycles. The Bertz CT molecular complexity index is 734. The predicted octanol–water partition coefficient (Wildman–Crippen LogP) is 1.09. The average Bonchev–Trinajstić information content (AvgIpc) is 2.33. The molecule has 1 heterocycles. The average molecular weight is 268 g/mol. The van der Waals surface area contributed by atoms with Gasteiger partial charge in [-0.25, -0.2) is 4.68 Å². The minimum absolute atomic E-state index is 0.0462. The number of hydrogen-bond donors (Lipinski definition) is 1. The molecule has 0 radical (unpaired) electrons. The second-order valence-corrected chi connectivity index (χ2v) is 3.78. The zero-order valence-corrected chi connectivity index (χ0v) is 9.55. The lowest BCUT2D eigenvalue weighted by molar-refractivity contribution is -0.384. The molecule has 92 valence electrons. The highest BCUT2D eigenvalue weighted by Crippen LogP contribution is 2.25. The molecule has 0 amide bonds. The van der Waals surface area contributed by atoms with Crippen molar-refractivity contribution >= 4 is 17.3 Å². The van der Waals surface area contributed by atoms with Crippen LogP contribution in [-0.2, 0) is 0 Å². The molecule has 0 bridgehead atoms. The SMILES string of the molecule is O=c1ccc(=O)n(-c2ccc(Cl)c([N+](=O)[O-])c2)[nH]1. The first-order valence-electron chi connectivity index (χ1n) is 4.76. The summed E-state index contributed by atoms with van der Waals surface area (Å²) in [5.41, 5.74) is -1.18. The number of nitro benzene ring substituents is 1. The highest BCUT2D eigenvalue weighted by atomic mass is 35.5. The Labute approximate surface area is 104 Å². The maximum absolute atomic E-state index is 11.5. The summed E-state index contributed by atoms with van der Waals surface area (Å²) in [5.74, 6) is 0. The van der Waals surface area contributed by atoms with Gasteiger partial charge in [0.1, 0.15) is 5.02 Å². The number of nitrogens with zero attached hydrogens (tertiary/aromatic N) is 2. The number of aromatic amines is 1. The number of nitro groups is 1. The molecule has 0 atom stereocenters. The van der Waals surface area contributed by atoms with Crippen LogP contribution in [0.2, 0.25) is 5.02 Å². The summed E-state index contributed by atoms with van der Waals surface area (Å²) in [6, 6.07) is 5.93. The smallest absolute Gasteiger partial charge is 0.268 e. The fourth-order valence-electron chi connectivity index (χ4n) is 1.40. The van der Waals surface area contributed by atoms with Crippen molar-refractivity contribution < 1.29 is 4.92 Å². The van der Waals surface area contributed by atoms with Gasteiger partial charge in [0.05, 0.1) is 10.6 Å². The van der Waals surface area contributed by atoms with E-state index in [2.05, 4.69) is 5.10 Å². The van der Waals surface area contributed by atoms with Crippen molar-refractivity contribution in [3.05, 3.63) is 66.2 Å². The Balaban J connectivity index is 2.69. The Kier molecular flexibility index (Phi) is 2.99. The van der Waals surface area contributed by atoms with Crippen LogP contribution in [0.5, 0.6) is 0 Å². The fourth-order valence-corrected chi connectivity index (χ4v) is 1.58. The lowest BCUT2D eigenvalue weighted by atomic mass is 10.3. The van der Waals surface area contributed by atoms with Crippen molar-refractivity contribution in [1.82, 2.24) is 9.78 Å². The molecule has 0 aliphatic carbocycles. The number of hydrogen-bond acceptors (Lipinski definition) is 4. The van der Waals surface area contributed by atoms with E-state index in [1.807, 2.05) is 0 Å². The lowest BCUT2D eigenvalue weighted by Crippen LogP contribution is -2.26. The Morgan fingerprint density at radius 3 is 2.61 bits per heavy atom. The molecule has 18 heavy (non-hydrogen) atoms. The molecule has 2 rings (SSSR count). The lowest BCUT2D eigenvalue weighted by Gasteiger charge is -2.04. The molecule has 2 aromatic rings. The van der Waals surface area contributed by atoms with E-state index in [0.29, 0.717) is 0 Å². The quantitative estimate of drug-likeness (QED) is 0.650. The number of halogens is 1. The van der Waals surface area contributed by atoms with Gasteiger partial charge in [-0.3, -0.25) is 24.8 Å². The first kappa shape index (κ1) is 12.1. The van der Waals surface area contributed by atoms with Crippen LogP contribution in [0.4, 0.5) is 5.69 Å². The first-order valence-corrected chi connectivity index (χ1v) is 5.13. The maximum atomic E-state index is 11.5. The van der Waals surface area contributed by atoms with Gasteiger partial charge in [-0.05, 0) is 12.1 Å². The Morgan fingerprint density at radius 2 is 1.94 bits per heavy atom. The monoisotopic (exact) mass is 267 g/mol. The van der Waals surface area contributed by atoms with E-state index in [4.69, 9.17) is 11.6 Å². The zero-order chi connectivity index (χ0) is 13.3. The summed E-state index contributed by atoms with van der Waals surface area (Å²) in [7, 11) is 0. The van der Waals surface area contributed by atoms with Gasteiger partial charge in [0, 0.05) is 18.2 Å². The van der Waals surface area contributed by atoms with Gasteiger partial charge >= 0.3 is 0 Å². The van der Waals surface area contributed by atoms with Gasteiger partial charge < -0.3 is 0 Å². The van der Waals surface area contributed by atoms with Crippen molar-refractivity contribution in [2.45, 2.75) is 0 Å². The van der Waals surface area contributed by atoms with E-state index in [1.54, 1.807) is 0 Å². The van der Waals surface area contributed by atoms with Crippen molar-refractivity contribution in [2.24, 2.45) is 0 Å². The molecule has 1 aromatic heterocycles. The maximum Gasteiger partial charge on any atom is 0.290 e. The number of benzene rings is 1. The molecule has 0 saturated heterocycles. The fraction of sp³-hybridized carbons (Fsp3) is 0. The van der Waals surface area contributed by atoms with E-state index >= 15 is 0 Å². The van der Waals surface area contributed by atoms with Gasteiger partial charge in [0.2, 0.25) is 0 Å². The highest BCUT2D eigenvalue weighted by Gasteiger charge is 2.14. The third-order valence-corrected chi connectivity index (χ3v) is 2.52. The van der Waals surface area contributed by atoms with Crippen molar-refractivity contribution in [1.29, 1.82) is 0 Å². The Morgan fingerprint density at radius 1 is 1.22 bits per heavy atom. The highest BCUT2D eigenvalue weighted by molar-refractivity contribution is 6.32. The summed E-state index contributed by atoms with van der Waals surface area (Å²) >= 11 is 5.65. The number of nitrogens with one attached hydrogen (secondary N) is 1. The standard InChI is InChI=1S/C10H6ClN3O4/c11-7-2-1-6(5-8(7)14(17)18)13-10(16)4-3-9(15)12-13/h1-5H,(H,12,15). The summed E-state index contributed by atoms with van der Waals surface area (Å²) in [6.45, 7) is 0. The molecule has 1 aromatic carbocycles. The van der Waals surface area contributed by atoms with Gasteiger partial charge in [-0.15, -0.1) is 0 Å². The van der Waals surface area contributed by atoms with Crippen molar-refractivity contribution in [3.8, 4) is 5.69 Å². The van der Waals surface area contributed by atoms with Crippen LogP contribution in [0.1, 0.15) is 0 Å². The van der Waals surface area contributed by atoms with Gasteiger partial charge in [-0.2, -0.15) is 0 Å². The van der Waals surface area contributed by atoms with Crippen LogP contribution in [0.3, 0.4) is 0 Å². The van der Waals surface area contributed by atoms with Crippen molar-refractivity contribution in [3.63, 3.8) is 0 Å². The number of aromatic nitrogens is 2. The second-order valence-electron chi connectivity index (χ2n) is 3.38. The minimum Gasteiger partial charge on any atom is -0.268 e. The first-order chi connectivity index (χ1) is 8.49. The van der Waals surface area contributed by atoms with Gasteiger partial charge in [-0.1, -0.05) is 11.6 Å². The zero-order valence-electron chi connectivity index (χ0n) is 8.79. The van der Waals surface area contributed by atoms with Crippen LogP contribution in [0.25, 0.3) is 5.69 Å². The molecule has 7 nitrogen and oxygen atoms in total. The van der Waals surface area contributed by atoms with Crippen LogP contribution < -0.4 is 11.1 Å². The molecule has 0 fully saturated rings. The van der Waals surface area contributed by atoms with E-state index in [9.17, 15) is 19.7 Å². The van der Waals surface area contributed by atoms with Gasteiger partial charge in [0.15, 0.2) is 0 Å². The number of rotatable bonds is 2. The van der Waals surface area contributed by atoms with Crippen molar-refractivity contribution in [2.75, 3.05) is 0 Å². The summed E-state index contributed by atoms with van der Waals surface area (Å²) < 4.78 is 0.908. The number of H-pyrrole nitrogens is 1. The minimum atomic E-state index is -0.669. The van der Waals surface area contributed by atoms with E-state index < -0.39 is 16.0 Å². The summed E-state index contributed by atoms with van der Waals surface area (Å²) in [6.07, 6.45) is 0. The second kappa shape index (κ2) is 4.46. The van der Waals surface area contributed by atoms with Crippen LogP contribution >= 0.6 is 11.6 Å². The van der Waals surface area contributed by atoms with E-state index in [0.717, 1.165) is 22.9 Å². The summed E-state index contributed by atoms with van der Waals surface area (Å²) in [4.78, 5) is 32.7. The normalized spacial score (nSPS) is 10.3. The van der Waals surface area contributed by atoms with Crippen LogP contribution in [0, 0.1) is 10.1 Å². The molecule has 0 spiro atoms. The van der Waals surface area contributed by atoms with E-state index in [1.165, 1.54) is 12.1 Å². The molecule has 8 heteroatoms. The predicted molar refractivity (Wildman–Crippen MR) is 64.3 cm³/mol. The largest absolute Gasteiger partial charge is 0.290 e. The van der Waals surface area contributed by atoms with E-state index in [-0.39, 0.29) is 16.4 Å².